The van der Waals surface area contributed by atoms with Gasteiger partial charge in [0.25, 0.3) is 0 Å². The summed E-state index contributed by atoms with van der Waals surface area (Å²) in [6, 6.07) is 0. The summed E-state index contributed by atoms with van der Waals surface area (Å²) in [7, 11) is 0. The van der Waals surface area contributed by atoms with Crippen LogP contribution in [0, 0.1) is 13.8 Å². The Kier molecular flexibility index (Phi) is 1.73. The van der Waals surface area contributed by atoms with Crippen molar-refractivity contribution in [1.82, 2.24) is 0 Å². The maximum absolute atomic E-state index is 5.25. The third-order valence-corrected chi connectivity index (χ3v) is 2.33. The van der Waals surface area contributed by atoms with Crippen LogP contribution >= 0.6 is 11.3 Å². The normalized spacial score (nSPS) is 9.67. The molecule has 0 fully saturated rings. The van der Waals surface area contributed by atoms with Crippen LogP contribution in [0.15, 0.2) is 5.38 Å². The molecule has 3 N–H and O–H groups in total. The lowest BCUT2D eigenvalue weighted by Crippen LogP contribution is -2.07. The van der Waals surface area contributed by atoms with Crippen LogP contribution < -0.4 is 11.3 Å². The van der Waals surface area contributed by atoms with E-state index in [1.165, 1.54) is 10.4 Å². The van der Waals surface area contributed by atoms with Crippen LogP contribution in [0.1, 0.15) is 10.4 Å². The Morgan fingerprint density at radius 3 is 2.44 bits per heavy atom. The molecule has 1 heterocycles. The zero-order chi connectivity index (χ0) is 6.85. The van der Waals surface area contributed by atoms with Crippen LogP contribution in [0.4, 0.5) is 5.69 Å². The molecule has 1 rings (SSSR count). The maximum Gasteiger partial charge on any atom is 0.0650 e. The van der Waals surface area contributed by atoms with E-state index in [1.54, 1.807) is 11.3 Å². The monoisotopic (exact) mass is 142 g/mol. The molecule has 0 aromatic carbocycles. The lowest BCUT2D eigenvalue weighted by atomic mass is 10.3. The Balaban J connectivity index is 3.07. The highest BCUT2D eigenvalue weighted by molar-refractivity contribution is 7.10. The van der Waals surface area contributed by atoms with Gasteiger partial charge in [-0.15, -0.1) is 11.3 Å². The third kappa shape index (κ3) is 1.06. The Morgan fingerprint density at radius 2 is 2.22 bits per heavy atom. The summed E-state index contributed by atoms with van der Waals surface area (Å²) < 4.78 is 0. The van der Waals surface area contributed by atoms with Crippen molar-refractivity contribution in [1.29, 1.82) is 0 Å². The highest BCUT2D eigenvalue weighted by Crippen LogP contribution is 2.24. The van der Waals surface area contributed by atoms with Crippen LogP contribution in [-0.2, 0) is 0 Å². The van der Waals surface area contributed by atoms with Gasteiger partial charge < -0.3 is 5.43 Å². The summed E-state index contributed by atoms with van der Waals surface area (Å²) in [6.45, 7) is 4.09. The van der Waals surface area contributed by atoms with E-state index >= 15 is 0 Å². The van der Waals surface area contributed by atoms with E-state index in [2.05, 4.69) is 10.8 Å². The molecule has 0 aliphatic carbocycles. The average Bonchev–Trinajstić information content (AvgIpc) is 2.12. The second-order valence-electron chi connectivity index (χ2n) is 1.99. The summed E-state index contributed by atoms with van der Waals surface area (Å²) in [4.78, 5) is 1.25. The molecule has 0 unspecified atom stereocenters. The molecule has 2 nitrogen and oxygen atoms in total. The summed E-state index contributed by atoms with van der Waals surface area (Å²) in [5.74, 6) is 5.25. The Morgan fingerprint density at radius 1 is 1.56 bits per heavy atom. The molecule has 0 radical (unpaired) electrons. The number of hydrazine groups is 1. The van der Waals surface area contributed by atoms with Crippen molar-refractivity contribution in [2.45, 2.75) is 13.8 Å². The van der Waals surface area contributed by atoms with Gasteiger partial charge in [0.1, 0.15) is 0 Å². The molecule has 0 bridgehead atoms. The molecule has 0 aliphatic heterocycles. The Bertz CT molecular complexity index is 185. The van der Waals surface area contributed by atoms with Gasteiger partial charge in [-0.05, 0) is 24.8 Å². The Hall–Kier alpha value is -0.540. The van der Waals surface area contributed by atoms with Crippen molar-refractivity contribution in [2.75, 3.05) is 5.43 Å². The second kappa shape index (κ2) is 2.37. The average molecular weight is 142 g/mol. The molecule has 0 amide bonds. The highest BCUT2D eigenvalue weighted by atomic mass is 32.1. The maximum atomic E-state index is 5.25. The smallest absolute Gasteiger partial charge is 0.0650 e. The van der Waals surface area contributed by atoms with Crippen LogP contribution in [0.2, 0.25) is 0 Å². The number of hydrogen-bond acceptors (Lipinski definition) is 3. The quantitative estimate of drug-likeness (QED) is 0.462. The minimum atomic E-state index is 1.07. The number of rotatable bonds is 1. The van der Waals surface area contributed by atoms with Crippen LogP contribution in [-0.4, -0.2) is 0 Å². The van der Waals surface area contributed by atoms with E-state index in [0.717, 1.165) is 5.69 Å². The first kappa shape index (κ1) is 6.58. The molecular formula is C6H10N2S. The first-order chi connectivity index (χ1) is 4.25. The van der Waals surface area contributed by atoms with Crippen LogP contribution in [0.5, 0.6) is 0 Å². The first-order valence-corrected chi connectivity index (χ1v) is 3.65. The van der Waals surface area contributed by atoms with E-state index < -0.39 is 0 Å². The SMILES string of the molecule is Cc1csc(C)c1NN. The van der Waals surface area contributed by atoms with Crippen molar-refractivity contribution in [3.8, 4) is 0 Å². The lowest BCUT2D eigenvalue weighted by molar-refractivity contribution is 1.31. The number of nitrogen functional groups attached to an aromatic ring is 1. The second-order valence-corrected chi connectivity index (χ2v) is 3.08. The fraction of sp³-hybridized carbons (Fsp3) is 0.333. The number of hydrogen-bond donors (Lipinski definition) is 2. The van der Waals surface area contributed by atoms with Gasteiger partial charge in [-0.2, -0.15) is 0 Å². The van der Waals surface area contributed by atoms with Crippen molar-refractivity contribution in [2.24, 2.45) is 5.84 Å². The van der Waals surface area contributed by atoms with Gasteiger partial charge in [0.15, 0.2) is 0 Å². The zero-order valence-electron chi connectivity index (χ0n) is 5.56. The molecule has 3 heteroatoms. The van der Waals surface area contributed by atoms with Gasteiger partial charge in [0.2, 0.25) is 0 Å². The summed E-state index contributed by atoms with van der Waals surface area (Å²) in [6.07, 6.45) is 0. The number of anilines is 1. The summed E-state index contributed by atoms with van der Waals surface area (Å²) in [5.41, 5.74) is 4.95. The molecular weight excluding hydrogens is 132 g/mol. The van der Waals surface area contributed by atoms with Gasteiger partial charge >= 0.3 is 0 Å². The van der Waals surface area contributed by atoms with E-state index in [4.69, 9.17) is 5.84 Å². The number of nitrogens with two attached hydrogens (primary N) is 1. The predicted octanol–water partition coefficient (Wildman–Crippen LogP) is 1.65. The van der Waals surface area contributed by atoms with E-state index in [-0.39, 0.29) is 0 Å². The van der Waals surface area contributed by atoms with Gasteiger partial charge in [0.05, 0.1) is 5.69 Å². The third-order valence-electron chi connectivity index (χ3n) is 1.30. The van der Waals surface area contributed by atoms with E-state index in [9.17, 15) is 0 Å². The molecule has 50 valence electrons. The van der Waals surface area contributed by atoms with Crippen molar-refractivity contribution < 1.29 is 0 Å². The fourth-order valence-electron chi connectivity index (χ4n) is 0.788. The van der Waals surface area contributed by atoms with Gasteiger partial charge in [-0.25, -0.2) is 0 Å². The molecule has 0 aliphatic rings. The predicted molar refractivity (Wildman–Crippen MR) is 41.6 cm³/mol. The van der Waals surface area contributed by atoms with Gasteiger partial charge in [-0.1, -0.05) is 0 Å². The minimum absolute atomic E-state index is 1.07. The standard InChI is InChI=1S/C6H10N2S/c1-4-3-9-5(2)6(4)8-7/h3,8H,7H2,1-2H3. The number of thiophene rings is 1. The number of aryl methyl sites for hydroxylation is 2. The van der Waals surface area contributed by atoms with Crippen LogP contribution in [0.3, 0.4) is 0 Å². The van der Waals surface area contributed by atoms with Gasteiger partial charge in [-0.3, -0.25) is 5.84 Å². The lowest BCUT2D eigenvalue weighted by Gasteiger charge is -1.97. The number of nitrogens with one attached hydrogen (secondary N) is 1. The van der Waals surface area contributed by atoms with Gasteiger partial charge in [0, 0.05) is 4.88 Å². The largest absolute Gasteiger partial charge is 0.323 e. The topological polar surface area (TPSA) is 38.0 Å². The molecule has 0 spiro atoms. The summed E-state index contributed by atoms with van der Waals surface area (Å²) >= 11 is 1.71. The van der Waals surface area contributed by atoms with Crippen molar-refractivity contribution >= 4 is 17.0 Å². The molecule has 0 atom stereocenters. The molecule has 1 aromatic rings. The van der Waals surface area contributed by atoms with Crippen molar-refractivity contribution in [3.63, 3.8) is 0 Å². The molecule has 9 heavy (non-hydrogen) atoms. The first-order valence-electron chi connectivity index (χ1n) is 2.77. The fourth-order valence-corrected chi connectivity index (χ4v) is 1.60. The molecule has 1 aromatic heterocycles. The zero-order valence-corrected chi connectivity index (χ0v) is 6.38. The molecule has 0 saturated heterocycles. The highest BCUT2D eigenvalue weighted by Gasteiger charge is 2.00. The van der Waals surface area contributed by atoms with Crippen molar-refractivity contribution in [3.05, 3.63) is 15.8 Å². The Labute approximate surface area is 58.7 Å². The minimum Gasteiger partial charge on any atom is -0.323 e. The molecule has 0 saturated carbocycles. The van der Waals surface area contributed by atoms with E-state index in [1.807, 2.05) is 13.8 Å². The van der Waals surface area contributed by atoms with E-state index in [0.29, 0.717) is 0 Å². The summed E-state index contributed by atoms with van der Waals surface area (Å²) in [5, 5.41) is 2.09. The van der Waals surface area contributed by atoms with Crippen LogP contribution in [0.25, 0.3) is 0 Å².